The molecule has 3 rings (SSSR count). The van der Waals surface area contributed by atoms with Crippen LogP contribution in [0.5, 0.6) is 5.75 Å². The highest BCUT2D eigenvalue weighted by molar-refractivity contribution is 9.10. The number of aryl methyl sites for hydroxylation is 1. The van der Waals surface area contributed by atoms with Crippen LogP contribution in [0.4, 0.5) is 5.82 Å². The lowest BCUT2D eigenvalue weighted by Gasteiger charge is -2.21. The molecular weight excluding hydrogens is 346 g/mol. The van der Waals surface area contributed by atoms with Crippen molar-refractivity contribution in [3.8, 4) is 5.75 Å². The van der Waals surface area contributed by atoms with Gasteiger partial charge in [-0.15, -0.1) is 0 Å². The van der Waals surface area contributed by atoms with Crippen molar-refractivity contribution in [2.45, 2.75) is 25.8 Å². The van der Waals surface area contributed by atoms with Gasteiger partial charge >= 0.3 is 0 Å². The summed E-state index contributed by atoms with van der Waals surface area (Å²) in [5.41, 5.74) is 1.91. The summed E-state index contributed by atoms with van der Waals surface area (Å²) >= 11 is 3.34. The third-order valence-corrected chi connectivity index (χ3v) is 4.04. The van der Waals surface area contributed by atoms with E-state index in [0.717, 1.165) is 29.8 Å². The van der Waals surface area contributed by atoms with Gasteiger partial charge in [0.25, 0.3) is 0 Å². The summed E-state index contributed by atoms with van der Waals surface area (Å²) in [4.78, 5) is 23.0. The van der Waals surface area contributed by atoms with Gasteiger partial charge in [0.05, 0.1) is 25.5 Å². The standard InChI is InChI=1S/C16H16BrN3O2/c1-22-12-7-5-11(6-8-12)10-20-15(21)4-2-3-13-16(20)19-14(17)9-18-13/h5-9H,2-4,10H2,1H3. The van der Waals surface area contributed by atoms with Gasteiger partial charge in [0, 0.05) is 6.42 Å². The average molecular weight is 362 g/mol. The van der Waals surface area contributed by atoms with E-state index in [1.165, 1.54) is 0 Å². The summed E-state index contributed by atoms with van der Waals surface area (Å²) in [7, 11) is 1.64. The molecule has 5 nitrogen and oxygen atoms in total. The zero-order valence-corrected chi connectivity index (χ0v) is 13.8. The van der Waals surface area contributed by atoms with E-state index in [4.69, 9.17) is 4.74 Å². The number of anilines is 1. The molecule has 114 valence electrons. The quantitative estimate of drug-likeness (QED) is 0.842. The molecule has 1 amide bonds. The van der Waals surface area contributed by atoms with E-state index in [-0.39, 0.29) is 5.91 Å². The van der Waals surface area contributed by atoms with Crippen molar-refractivity contribution in [3.05, 3.63) is 46.3 Å². The van der Waals surface area contributed by atoms with Gasteiger partial charge in [-0.3, -0.25) is 14.7 Å². The first kappa shape index (κ1) is 15.0. The Morgan fingerprint density at radius 2 is 2.05 bits per heavy atom. The Balaban J connectivity index is 1.93. The molecule has 0 saturated heterocycles. The van der Waals surface area contributed by atoms with Gasteiger partial charge < -0.3 is 4.74 Å². The number of aromatic nitrogens is 2. The molecule has 0 fully saturated rings. The van der Waals surface area contributed by atoms with Gasteiger partial charge in [0.2, 0.25) is 5.91 Å². The Hall–Kier alpha value is -1.95. The molecule has 0 spiro atoms. The minimum Gasteiger partial charge on any atom is -0.497 e. The van der Waals surface area contributed by atoms with Crippen LogP contribution < -0.4 is 9.64 Å². The van der Waals surface area contributed by atoms with Crippen LogP contribution in [0.3, 0.4) is 0 Å². The van der Waals surface area contributed by atoms with Crippen molar-refractivity contribution in [1.82, 2.24) is 9.97 Å². The maximum absolute atomic E-state index is 12.4. The Kier molecular flexibility index (Phi) is 4.38. The molecule has 1 aromatic heterocycles. The summed E-state index contributed by atoms with van der Waals surface area (Å²) in [5, 5.41) is 0. The highest BCUT2D eigenvalue weighted by Gasteiger charge is 2.24. The molecule has 0 bridgehead atoms. The van der Waals surface area contributed by atoms with Crippen molar-refractivity contribution < 1.29 is 9.53 Å². The van der Waals surface area contributed by atoms with Crippen LogP contribution in [0.1, 0.15) is 24.1 Å². The summed E-state index contributed by atoms with van der Waals surface area (Å²) < 4.78 is 5.80. The molecule has 2 aromatic rings. The van der Waals surface area contributed by atoms with E-state index in [9.17, 15) is 4.79 Å². The van der Waals surface area contributed by atoms with Crippen molar-refractivity contribution in [1.29, 1.82) is 0 Å². The fourth-order valence-electron chi connectivity index (χ4n) is 2.51. The topological polar surface area (TPSA) is 55.3 Å². The number of nitrogens with zero attached hydrogens (tertiary/aromatic N) is 3. The predicted molar refractivity (Wildman–Crippen MR) is 86.9 cm³/mol. The number of ether oxygens (including phenoxy) is 1. The van der Waals surface area contributed by atoms with Crippen LogP contribution in [-0.4, -0.2) is 23.0 Å². The number of hydrogen-bond acceptors (Lipinski definition) is 4. The number of carbonyl (C=O) groups is 1. The van der Waals surface area contributed by atoms with Gasteiger partial charge in [0.15, 0.2) is 5.82 Å². The highest BCUT2D eigenvalue weighted by Crippen LogP contribution is 2.27. The molecule has 1 aliphatic heterocycles. The van der Waals surface area contributed by atoms with Crippen LogP contribution in [0.15, 0.2) is 35.1 Å². The lowest BCUT2D eigenvalue weighted by Crippen LogP contribution is -2.30. The van der Waals surface area contributed by atoms with Gasteiger partial charge in [0.1, 0.15) is 10.4 Å². The Morgan fingerprint density at radius 1 is 1.27 bits per heavy atom. The summed E-state index contributed by atoms with van der Waals surface area (Å²) in [6, 6.07) is 7.71. The predicted octanol–water partition coefficient (Wildman–Crippen LogP) is 3.12. The second-order valence-corrected chi connectivity index (χ2v) is 5.96. The maximum atomic E-state index is 12.4. The van der Waals surface area contributed by atoms with Gasteiger partial charge in [-0.1, -0.05) is 12.1 Å². The number of amides is 1. The number of benzene rings is 1. The first-order valence-electron chi connectivity index (χ1n) is 7.12. The smallest absolute Gasteiger partial charge is 0.228 e. The first-order chi connectivity index (χ1) is 10.7. The van der Waals surface area contributed by atoms with E-state index in [1.807, 2.05) is 24.3 Å². The molecule has 2 heterocycles. The van der Waals surface area contributed by atoms with E-state index in [2.05, 4.69) is 25.9 Å². The van der Waals surface area contributed by atoms with Crippen LogP contribution in [0.2, 0.25) is 0 Å². The number of fused-ring (bicyclic) bond motifs is 1. The largest absolute Gasteiger partial charge is 0.497 e. The number of halogens is 1. The normalized spacial score (nSPS) is 14.5. The van der Waals surface area contributed by atoms with Crippen molar-refractivity contribution in [2.75, 3.05) is 12.0 Å². The van der Waals surface area contributed by atoms with E-state index < -0.39 is 0 Å². The van der Waals surface area contributed by atoms with Crippen LogP contribution in [0, 0.1) is 0 Å². The third kappa shape index (κ3) is 3.11. The second-order valence-electron chi connectivity index (χ2n) is 5.14. The fraction of sp³-hybridized carbons (Fsp3) is 0.312. The molecular formula is C16H16BrN3O2. The van der Waals surface area contributed by atoms with Gasteiger partial charge in [-0.2, -0.15) is 0 Å². The Bertz CT molecular complexity index is 688. The summed E-state index contributed by atoms with van der Waals surface area (Å²) in [5.74, 6) is 1.54. The van der Waals surface area contributed by atoms with E-state index in [1.54, 1.807) is 18.2 Å². The lowest BCUT2D eigenvalue weighted by atomic mass is 10.2. The summed E-state index contributed by atoms with van der Waals surface area (Å²) in [6.45, 7) is 0.487. The zero-order valence-electron chi connectivity index (χ0n) is 12.3. The van der Waals surface area contributed by atoms with E-state index in [0.29, 0.717) is 23.4 Å². The molecule has 6 heteroatoms. The van der Waals surface area contributed by atoms with E-state index >= 15 is 0 Å². The molecule has 22 heavy (non-hydrogen) atoms. The van der Waals surface area contributed by atoms with Crippen LogP contribution in [-0.2, 0) is 17.8 Å². The lowest BCUT2D eigenvalue weighted by molar-refractivity contribution is -0.118. The number of rotatable bonds is 3. The molecule has 1 aromatic carbocycles. The molecule has 0 radical (unpaired) electrons. The average Bonchev–Trinajstić information content (AvgIpc) is 2.68. The molecule has 0 saturated carbocycles. The SMILES string of the molecule is COc1ccc(CN2C(=O)CCCc3ncc(Br)nc32)cc1. The van der Waals surface area contributed by atoms with Crippen molar-refractivity contribution in [2.24, 2.45) is 0 Å². The van der Waals surface area contributed by atoms with Crippen molar-refractivity contribution >= 4 is 27.7 Å². The third-order valence-electron chi connectivity index (χ3n) is 3.66. The molecule has 0 aliphatic carbocycles. The second kappa shape index (κ2) is 6.44. The van der Waals surface area contributed by atoms with Crippen LogP contribution >= 0.6 is 15.9 Å². The zero-order chi connectivity index (χ0) is 15.5. The summed E-state index contributed by atoms with van der Waals surface area (Å²) in [6.07, 6.45) is 3.79. The number of carbonyl (C=O) groups excluding carboxylic acids is 1. The van der Waals surface area contributed by atoms with Crippen molar-refractivity contribution in [3.63, 3.8) is 0 Å². The molecule has 1 aliphatic rings. The first-order valence-corrected chi connectivity index (χ1v) is 7.91. The molecule has 0 unspecified atom stereocenters. The van der Waals surface area contributed by atoms with Gasteiger partial charge in [-0.05, 0) is 46.5 Å². The van der Waals surface area contributed by atoms with Gasteiger partial charge in [-0.25, -0.2) is 4.98 Å². The Morgan fingerprint density at radius 3 is 2.77 bits per heavy atom. The maximum Gasteiger partial charge on any atom is 0.228 e. The minimum atomic E-state index is 0.0852. The molecule has 0 N–H and O–H groups in total. The highest BCUT2D eigenvalue weighted by atomic mass is 79.9. The number of hydrogen-bond donors (Lipinski definition) is 0. The monoisotopic (exact) mass is 361 g/mol. The Labute approximate surface area is 137 Å². The van der Waals surface area contributed by atoms with Crippen LogP contribution in [0.25, 0.3) is 0 Å². The fourth-order valence-corrected chi connectivity index (χ4v) is 2.78. The minimum absolute atomic E-state index is 0.0852. The number of methoxy groups -OCH3 is 1. The molecule has 0 atom stereocenters.